The molecule has 0 nitrogen and oxygen atoms in total. The fraction of sp³-hybridized carbons (Fsp3) is 0.545. The Balaban J connectivity index is 0.000000307. The summed E-state index contributed by atoms with van der Waals surface area (Å²) in [7, 11) is 0. The van der Waals surface area contributed by atoms with Crippen molar-refractivity contribution in [2.24, 2.45) is 0 Å². The Morgan fingerprint density at radius 3 is 0.913 bits per heavy atom. The van der Waals surface area contributed by atoms with Crippen LogP contribution in [0.15, 0.2) is 72.1 Å². The number of thiophene rings is 2. The number of rotatable bonds is 8. The molecule has 0 aliphatic carbocycles. The van der Waals surface area contributed by atoms with Gasteiger partial charge in [-0.05, 0) is 98.7 Å². The van der Waals surface area contributed by atoms with Crippen LogP contribution >= 0.6 is 22.7 Å². The molecule has 0 unspecified atom stereocenters. The predicted octanol–water partition coefficient (Wildman–Crippen LogP) is 15.9. The van der Waals surface area contributed by atoms with Crippen LogP contribution in [-0.4, -0.2) is 0 Å². The highest BCUT2D eigenvalue weighted by atomic mass is 32.1. The van der Waals surface area contributed by atoms with Crippen molar-refractivity contribution in [3.63, 3.8) is 0 Å². The fourth-order valence-corrected chi connectivity index (χ4v) is 6.61. The van der Waals surface area contributed by atoms with Crippen LogP contribution in [0.4, 0.5) is 0 Å². The molecule has 0 radical (unpaired) electrons. The molecule has 46 heavy (non-hydrogen) atoms. The van der Waals surface area contributed by atoms with Crippen molar-refractivity contribution < 1.29 is 0 Å². The largest absolute Gasteiger partial charge is 0.148 e. The van der Waals surface area contributed by atoms with Crippen LogP contribution in [0.25, 0.3) is 0 Å². The lowest BCUT2D eigenvalue weighted by Gasteiger charge is -2.09. The first-order chi connectivity index (χ1) is 21.4. The molecule has 2 heteroatoms. The quantitative estimate of drug-likeness (QED) is 0.176. The second kappa shape index (κ2) is 20.9. The smallest absolute Gasteiger partial charge is 0.00737 e. The Morgan fingerprint density at radius 1 is 0.326 bits per heavy atom. The molecule has 2 aromatic heterocycles. The molecule has 4 aromatic rings. The third-order valence-electron chi connectivity index (χ3n) is 8.18. The summed E-state index contributed by atoms with van der Waals surface area (Å²) < 4.78 is 0. The van der Waals surface area contributed by atoms with E-state index in [1.165, 1.54) is 42.4 Å². The van der Waals surface area contributed by atoms with Crippen molar-refractivity contribution in [3.8, 4) is 0 Å². The molecule has 0 N–H and O–H groups in total. The van der Waals surface area contributed by atoms with Gasteiger partial charge in [-0.15, -0.1) is 22.7 Å². The Hall–Kier alpha value is -2.16. The van der Waals surface area contributed by atoms with Crippen molar-refractivity contribution in [2.75, 3.05) is 0 Å². The van der Waals surface area contributed by atoms with Crippen molar-refractivity contribution >= 4 is 22.7 Å². The summed E-state index contributed by atoms with van der Waals surface area (Å²) in [6.07, 6.45) is 0. The first-order valence-corrected chi connectivity index (χ1v) is 19.5. The van der Waals surface area contributed by atoms with Crippen molar-refractivity contribution in [1.82, 2.24) is 0 Å². The van der Waals surface area contributed by atoms with E-state index >= 15 is 0 Å². The van der Waals surface area contributed by atoms with Gasteiger partial charge in [0.25, 0.3) is 0 Å². The Morgan fingerprint density at radius 2 is 0.674 bits per heavy atom. The molecule has 2 heterocycles. The van der Waals surface area contributed by atoms with Crippen LogP contribution in [0.2, 0.25) is 0 Å². The fourth-order valence-electron chi connectivity index (χ4n) is 4.51. The average molecular weight is 661 g/mol. The van der Waals surface area contributed by atoms with Gasteiger partial charge in [0.05, 0.1) is 0 Å². The maximum absolute atomic E-state index is 2.33. The molecule has 256 valence electrons. The van der Waals surface area contributed by atoms with Gasteiger partial charge in [0.1, 0.15) is 0 Å². The minimum atomic E-state index is 0.642. The predicted molar refractivity (Wildman–Crippen MR) is 214 cm³/mol. The Kier molecular flexibility index (Phi) is 19.1. The van der Waals surface area contributed by atoms with E-state index in [1.807, 2.05) is 22.7 Å². The molecular formula is C44H68S2. The lowest BCUT2D eigenvalue weighted by Crippen LogP contribution is -1.91. The summed E-state index contributed by atoms with van der Waals surface area (Å²) in [6, 6.07) is 24.7. The van der Waals surface area contributed by atoms with Crippen molar-refractivity contribution in [3.05, 3.63) is 115 Å². The average Bonchev–Trinajstić information content (AvgIpc) is 3.70. The molecule has 0 aliphatic heterocycles. The van der Waals surface area contributed by atoms with E-state index in [0.29, 0.717) is 47.3 Å². The highest BCUT2D eigenvalue weighted by Crippen LogP contribution is 2.29. The van der Waals surface area contributed by atoms with Gasteiger partial charge in [0.15, 0.2) is 0 Å². The second-order valence-electron chi connectivity index (χ2n) is 15.1. The van der Waals surface area contributed by atoms with E-state index in [2.05, 4.69) is 183 Å². The third kappa shape index (κ3) is 15.2. The van der Waals surface area contributed by atoms with Crippen LogP contribution in [0.5, 0.6) is 0 Å². The molecule has 2 aromatic carbocycles. The van der Waals surface area contributed by atoms with Crippen LogP contribution in [0.1, 0.15) is 201 Å². The van der Waals surface area contributed by atoms with Crippen LogP contribution in [-0.2, 0) is 0 Å². The van der Waals surface area contributed by atoms with Gasteiger partial charge < -0.3 is 0 Å². The minimum Gasteiger partial charge on any atom is -0.148 e. The van der Waals surface area contributed by atoms with Crippen molar-refractivity contribution in [2.45, 2.75) is 158 Å². The van der Waals surface area contributed by atoms with Crippen molar-refractivity contribution in [1.29, 1.82) is 0 Å². The van der Waals surface area contributed by atoms with E-state index in [4.69, 9.17) is 0 Å². The van der Waals surface area contributed by atoms with Crippen LogP contribution in [0.3, 0.4) is 0 Å². The molecule has 0 saturated carbocycles. The Bertz CT molecular complexity index is 1200. The summed E-state index contributed by atoms with van der Waals surface area (Å²) in [5.41, 5.74) is 7.24. The van der Waals surface area contributed by atoms with Gasteiger partial charge >= 0.3 is 0 Å². The van der Waals surface area contributed by atoms with E-state index in [0.717, 1.165) is 0 Å². The zero-order valence-corrected chi connectivity index (χ0v) is 34.0. The first-order valence-electron chi connectivity index (χ1n) is 17.8. The molecule has 0 atom stereocenters. The van der Waals surface area contributed by atoms with Gasteiger partial charge in [0, 0.05) is 14.6 Å². The minimum absolute atomic E-state index is 0.642. The molecule has 0 bridgehead atoms. The maximum Gasteiger partial charge on any atom is 0.00737 e. The van der Waals surface area contributed by atoms with Gasteiger partial charge in [-0.3, -0.25) is 0 Å². The normalized spacial score (nSPS) is 11.3. The molecule has 0 amide bonds. The first kappa shape index (κ1) is 41.9. The molecule has 0 aliphatic rings. The SMILES string of the molecule is CC(C)c1ccc(C(C)C)cc1.CC(C)c1ccc(C(C)C)s1.CC(C)c1cccc(C(C)C)c1.CC(C)c1csc(C(C)C)c1. The summed E-state index contributed by atoms with van der Waals surface area (Å²) in [5.74, 6) is 5.32. The van der Waals surface area contributed by atoms with Gasteiger partial charge in [0.2, 0.25) is 0 Å². The number of hydrogen-bond acceptors (Lipinski definition) is 2. The monoisotopic (exact) mass is 660 g/mol. The third-order valence-corrected chi connectivity index (χ3v) is 11.1. The summed E-state index contributed by atoms with van der Waals surface area (Å²) in [4.78, 5) is 4.52. The Labute approximate surface area is 294 Å². The number of benzene rings is 2. The zero-order valence-electron chi connectivity index (χ0n) is 32.4. The summed E-state index contributed by atoms with van der Waals surface area (Å²) in [6.45, 7) is 35.8. The highest BCUT2D eigenvalue weighted by Gasteiger charge is 2.07. The second-order valence-corrected chi connectivity index (χ2v) is 17.2. The van der Waals surface area contributed by atoms with E-state index in [-0.39, 0.29) is 0 Å². The van der Waals surface area contributed by atoms with Gasteiger partial charge in [-0.1, -0.05) is 159 Å². The van der Waals surface area contributed by atoms with Gasteiger partial charge in [-0.2, -0.15) is 0 Å². The van der Waals surface area contributed by atoms with Crippen LogP contribution in [0, 0.1) is 0 Å². The van der Waals surface area contributed by atoms with Gasteiger partial charge in [-0.25, -0.2) is 0 Å². The topological polar surface area (TPSA) is 0 Å². The zero-order chi connectivity index (χ0) is 35.1. The molecule has 0 saturated heterocycles. The number of hydrogen-bond donors (Lipinski definition) is 0. The lowest BCUT2D eigenvalue weighted by atomic mass is 9.96. The molecule has 0 fully saturated rings. The molecule has 0 spiro atoms. The van der Waals surface area contributed by atoms with E-state index in [1.54, 1.807) is 0 Å². The van der Waals surface area contributed by atoms with E-state index in [9.17, 15) is 0 Å². The molecular weight excluding hydrogens is 593 g/mol. The maximum atomic E-state index is 2.33. The van der Waals surface area contributed by atoms with Crippen LogP contribution < -0.4 is 0 Å². The lowest BCUT2D eigenvalue weighted by molar-refractivity contribution is 0.834. The molecule has 4 rings (SSSR count). The summed E-state index contributed by atoms with van der Waals surface area (Å²) >= 11 is 3.84. The highest BCUT2D eigenvalue weighted by molar-refractivity contribution is 7.12. The summed E-state index contributed by atoms with van der Waals surface area (Å²) in [5, 5.41) is 2.28. The van der Waals surface area contributed by atoms with E-state index < -0.39 is 0 Å². The standard InChI is InChI=1S/2C12H18.2C10H16S/c1-9(2)11-5-7-12(8-6-11)10(3)4;1-9(2)11-6-5-7-12(8-11)10(3)4;1-7(2)9-5-10(8(3)4)11-6-9;1-7(2)9-5-6-10(11-9)8(3)4/h2*5-10H,1-4H3;2*5-8H,1-4H3.